The largest absolute Gasteiger partial charge is 0.489 e. The van der Waals surface area contributed by atoms with Gasteiger partial charge in [0.1, 0.15) is 12.4 Å². The molecule has 6 heteroatoms. The summed E-state index contributed by atoms with van der Waals surface area (Å²) in [5.74, 6) is 0.502. The topological polar surface area (TPSA) is 81.3 Å². The van der Waals surface area contributed by atoms with Gasteiger partial charge in [-0.05, 0) is 37.3 Å². The maximum Gasteiger partial charge on any atom is 0.339 e. The lowest BCUT2D eigenvalue weighted by molar-refractivity contribution is 0.0317. The van der Waals surface area contributed by atoms with Crippen molar-refractivity contribution in [1.29, 1.82) is 0 Å². The molecule has 0 spiro atoms. The summed E-state index contributed by atoms with van der Waals surface area (Å²) >= 11 is 0. The smallest absolute Gasteiger partial charge is 0.339 e. The van der Waals surface area contributed by atoms with E-state index in [-0.39, 0.29) is 12.2 Å². The van der Waals surface area contributed by atoms with Gasteiger partial charge in [-0.1, -0.05) is 48.5 Å². The van der Waals surface area contributed by atoms with Crippen LogP contribution in [0.25, 0.3) is 10.9 Å². The molecule has 0 aliphatic heterocycles. The summed E-state index contributed by atoms with van der Waals surface area (Å²) in [7, 11) is 0. The minimum Gasteiger partial charge on any atom is -0.489 e. The Morgan fingerprint density at radius 3 is 2.50 bits per heavy atom. The van der Waals surface area contributed by atoms with Crippen molar-refractivity contribution < 1.29 is 14.3 Å². The quantitative estimate of drug-likeness (QED) is 0.485. The van der Waals surface area contributed by atoms with Crippen LogP contribution in [0.5, 0.6) is 5.75 Å². The average molecular weight is 400 g/mol. The fourth-order valence-corrected chi connectivity index (χ4v) is 3.10. The van der Waals surface area contributed by atoms with Crippen molar-refractivity contribution >= 4 is 16.9 Å². The van der Waals surface area contributed by atoms with Gasteiger partial charge in [0.2, 0.25) is 0 Å². The van der Waals surface area contributed by atoms with Crippen LogP contribution in [0.2, 0.25) is 0 Å². The first kappa shape index (κ1) is 19.4. The van der Waals surface area contributed by atoms with Gasteiger partial charge in [-0.25, -0.2) is 9.78 Å². The summed E-state index contributed by atoms with van der Waals surface area (Å²) in [6.07, 6.45) is -0.724. The Hall–Kier alpha value is -3.93. The van der Waals surface area contributed by atoms with E-state index in [2.05, 4.69) is 9.97 Å². The summed E-state index contributed by atoms with van der Waals surface area (Å²) < 4.78 is 11.4. The molecule has 0 saturated carbocycles. The number of rotatable bonds is 6. The molecule has 4 rings (SSSR count). The second-order valence-electron chi connectivity index (χ2n) is 6.77. The second kappa shape index (κ2) is 8.61. The fraction of sp³-hybridized carbons (Fsp3) is 0.125. The lowest BCUT2D eigenvalue weighted by Crippen LogP contribution is -2.18. The normalized spacial score (nSPS) is 11.8. The molecule has 0 saturated heterocycles. The first-order valence-electron chi connectivity index (χ1n) is 9.57. The van der Waals surface area contributed by atoms with Gasteiger partial charge in [0.15, 0.2) is 11.9 Å². The number of aromatic nitrogens is 2. The third-order valence-corrected chi connectivity index (χ3v) is 4.67. The first-order valence-corrected chi connectivity index (χ1v) is 9.57. The standard InChI is InChI=1S/C24H20N2O4/c1-16(22-25-21-14-8-7-13-20(21)23(27)26-22)30-24(28)19-12-6-5-9-17(19)15-29-18-10-3-2-4-11-18/h2-14,16H,15H2,1H3,(H,25,26,27)/t16-/m1/s1. The van der Waals surface area contributed by atoms with E-state index in [1.165, 1.54) is 0 Å². The number of H-pyrrole nitrogens is 1. The van der Waals surface area contributed by atoms with Crippen molar-refractivity contribution in [2.75, 3.05) is 0 Å². The molecule has 4 aromatic rings. The lowest BCUT2D eigenvalue weighted by atomic mass is 10.1. The molecule has 0 radical (unpaired) electrons. The fourth-order valence-electron chi connectivity index (χ4n) is 3.10. The molecule has 0 aliphatic carbocycles. The molecular weight excluding hydrogens is 380 g/mol. The van der Waals surface area contributed by atoms with Gasteiger partial charge in [-0.3, -0.25) is 4.79 Å². The van der Waals surface area contributed by atoms with Crippen molar-refractivity contribution in [1.82, 2.24) is 9.97 Å². The van der Waals surface area contributed by atoms with Gasteiger partial charge in [-0.2, -0.15) is 0 Å². The van der Waals surface area contributed by atoms with Gasteiger partial charge in [0, 0.05) is 5.56 Å². The molecule has 1 atom stereocenters. The zero-order chi connectivity index (χ0) is 20.9. The lowest BCUT2D eigenvalue weighted by Gasteiger charge is -2.15. The van der Waals surface area contributed by atoms with Crippen LogP contribution in [-0.4, -0.2) is 15.9 Å². The number of hydrogen-bond acceptors (Lipinski definition) is 5. The molecule has 0 bridgehead atoms. The number of nitrogens with zero attached hydrogens (tertiary/aromatic N) is 1. The van der Waals surface area contributed by atoms with Crippen molar-refractivity contribution in [3.8, 4) is 5.75 Å². The number of hydrogen-bond donors (Lipinski definition) is 1. The number of ether oxygens (including phenoxy) is 2. The van der Waals surface area contributed by atoms with Crippen molar-refractivity contribution in [2.24, 2.45) is 0 Å². The minimum atomic E-state index is -0.724. The van der Waals surface area contributed by atoms with Crippen molar-refractivity contribution in [2.45, 2.75) is 19.6 Å². The van der Waals surface area contributed by atoms with Crippen LogP contribution in [0, 0.1) is 0 Å². The van der Waals surface area contributed by atoms with E-state index in [0.717, 1.165) is 0 Å². The summed E-state index contributed by atoms with van der Waals surface area (Å²) in [5.41, 5.74) is 1.40. The number of carbonyl (C=O) groups is 1. The van der Waals surface area contributed by atoms with Crippen LogP contribution in [0.15, 0.2) is 83.7 Å². The molecule has 0 unspecified atom stereocenters. The highest BCUT2D eigenvalue weighted by atomic mass is 16.5. The highest BCUT2D eigenvalue weighted by Gasteiger charge is 2.19. The Bertz CT molecular complexity index is 1230. The van der Waals surface area contributed by atoms with E-state index in [1.807, 2.05) is 42.5 Å². The SMILES string of the molecule is C[C@@H](OC(=O)c1ccccc1COc1ccccc1)c1nc2ccccc2c(=O)[nH]1. The van der Waals surface area contributed by atoms with Gasteiger partial charge in [0.05, 0.1) is 16.5 Å². The first-order chi connectivity index (χ1) is 14.6. The van der Waals surface area contributed by atoms with E-state index >= 15 is 0 Å². The zero-order valence-electron chi connectivity index (χ0n) is 16.4. The van der Waals surface area contributed by atoms with Crippen LogP contribution in [0.3, 0.4) is 0 Å². The number of aromatic amines is 1. The highest BCUT2D eigenvalue weighted by Crippen LogP contribution is 2.20. The Balaban J connectivity index is 1.52. The van der Waals surface area contributed by atoms with E-state index in [9.17, 15) is 9.59 Å². The van der Waals surface area contributed by atoms with Crippen LogP contribution in [0.4, 0.5) is 0 Å². The van der Waals surface area contributed by atoms with Gasteiger partial charge < -0.3 is 14.5 Å². The molecule has 1 N–H and O–H groups in total. The van der Waals surface area contributed by atoms with E-state index < -0.39 is 12.1 Å². The van der Waals surface area contributed by atoms with Crippen LogP contribution < -0.4 is 10.3 Å². The third-order valence-electron chi connectivity index (χ3n) is 4.67. The molecule has 3 aromatic carbocycles. The number of fused-ring (bicyclic) bond motifs is 1. The average Bonchev–Trinajstić information content (AvgIpc) is 2.78. The number of carbonyl (C=O) groups excluding carboxylic acids is 1. The van der Waals surface area contributed by atoms with Crippen LogP contribution in [-0.2, 0) is 11.3 Å². The molecule has 0 amide bonds. The molecule has 1 heterocycles. The van der Waals surface area contributed by atoms with Gasteiger partial charge in [-0.15, -0.1) is 0 Å². The molecule has 0 fully saturated rings. The maximum atomic E-state index is 12.8. The highest BCUT2D eigenvalue weighted by molar-refractivity contribution is 5.91. The third kappa shape index (κ3) is 4.22. The number of esters is 1. The summed E-state index contributed by atoms with van der Waals surface area (Å²) in [6, 6.07) is 23.5. The second-order valence-corrected chi connectivity index (χ2v) is 6.77. The monoisotopic (exact) mass is 400 g/mol. The molecular formula is C24H20N2O4. The summed E-state index contributed by atoms with van der Waals surface area (Å²) in [6.45, 7) is 1.91. The van der Waals surface area contributed by atoms with Gasteiger partial charge in [0.25, 0.3) is 5.56 Å². The number of benzene rings is 3. The Morgan fingerprint density at radius 2 is 1.67 bits per heavy atom. The Labute approximate surface area is 173 Å². The van der Waals surface area contributed by atoms with Crippen LogP contribution >= 0.6 is 0 Å². The predicted octanol–water partition coefficient (Wildman–Crippen LogP) is 4.42. The predicted molar refractivity (Wildman–Crippen MR) is 113 cm³/mol. The van der Waals surface area contributed by atoms with E-state index in [0.29, 0.717) is 33.6 Å². The molecule has 6 nitrogen and oxygen atoms in total. The van der Waals surface area contributed by atoms with Crippen LogP contribution in [0.1, 0.15) is 34.8 Å². The van der Waals surface area contributed by atoms with E-state index in [1.54, 1.807) is 43.3 Å². The molecule has 0 aliphatic rings. The Kier molecular flexibility index (Phi) is 5.57. The molecule has 30 heavy (non-hydrogen) atoms. The zero-order valence-corrected chi connectivity index (χ0v) is 16.4. The maximum absolute atomic E-state index is 12.8. The van der Waals surface area contributed by atoms with Crippen molar-refractivity contribution in [3.63, 3.8) is 0 Å². The van der Waals surface area contributed by atoms with Crippen molar-refractivity contribution in [3.05, 3.63) is 106 Å². The number of para-hydroxylation sites is 2. The van der Waals surface area contributed by atoms with E-state index in [4.69, 9.17) is 9.47 Å². The Morgan fingerprint density at radius 1 is 0.967 bits per heavy atom. The number of nitrogens with one attached hydrogen (secondary N) is 1. The summed E-state index contributed by atoms with van der Waals surface area (Å²) in [4.78, 5) is 32.2. The molecule has 150 valence electrons. The summed E-state index contributed by atoms with van der Waals surface area (Å²) in [5, 5.41) is 0.489. The molecule has 1 aromatic heterocycles. The van der Waals surface area contributed by atoms with Gasteiger partial charge >= 0.3 is 5.97 Å². The minimum absolute atomic E-state index is 0.231.